The number of aromatic nitrogens is 1. The molecule has 6 nitrogen and oxygen atoms in total. The van der Waals surface area contributed by atoms with Gasteiger partial charge in [0.2, 0.25) is 0 Å². The number of nitrogens with one attached hydrogen (secondary N) is 1. The summed E-state index contributed by atoms with van der Waals surface area (Å²) in [7, 11) is 0. The van der Waals surface area contributed by atoms with Crippen LogP contribution in [0.5, 0.6) is 0 Å². The third-order valence-corrected chi connectivity index (χ3v) is 8.07. The van der Waals surface area contributed by atoms with Crippen molar-refractivity contribution in [3.8, 4) is 0 Å². The Bertz CT molecular complexity index is 1180. The number of halogens is 1. The highest BCUT2D eigenvalue weighted by atomic mass is 32.1. The summed E-state index contributed by atoms with van der Waals surface area (Å²) in [6, 6.07) is 10.8. The largest absolute Gasteiger partial charge is 0.335 e. The lowest BCUT2D eigenvalue weighted by atomic mass is 9.96. The first-order valence-electron chi connectivity index (χ1n) is 12.2. The summed E-state index contributed by atoms with van der Waals surface area (Å²) >= 11 is 1.55. The number of carbonyl (C=O) groups excluding carboxylic acids is 2. The van der Waals surface area contributed by atoms with Gasteiger partial charge in [0.25, 0.3) is 5.91 Å². The second-order valence-electron chi connectivity index (χ2n) is 9.47. The van der Waals surface area contributed by atoms with Crippen molar-refractivity contribution in [2.24, 2.45) is 0 Å². The smallest absolute Gasteiger partial charge is 0.317 e. The molecule has 3 amide bonds. The van der Waals surface area contributed by atoms with E-state index in [4.69, 9.17) is 0 Å². The van der Waals surface area contributed by atoms with E-state index in [1.807, 2.05) is 44.9 Å². The average molecular weight is 483 g/mol. The van der Waals surface area contributed by atoms with Crippen molar-refractivity contribution in [2.45, 2.75) is 57.7 Å². The van der Waals surface area contributed by atoms with Crippen molar-refractivity contribution < 1.29 is 14.0 Å². The highest BCUT2D eigenvalue weighted by molar-refractivity contribution is 7.16. The van der Waals surface area contributed by atoms with E-state index in [1.54, 1.807) is 23.5 Å². The predicted octanol–water partition coefficient (Wildman–Crippen LogP) is 5.08. The van der Waals surface area contributed by atoms with Crippen LogP contribution in [0.1, 0.15) is 55.1 Å². The minimum atomic E-state index is -0.273. The molecule has 1 aliphatic heterocycles. The second-order valence-corrected chi connectivity index (χ2v) is 10.4. The minimum absolute atomic E-state index is 0.0186. The van der Waals surface area contributed by atoms with E-state index in [0.717, 1.165) is 23.1 Å². The molecule has 0 spiro atoms. The third-order valence-electron chi connectivity index (χ3n) is 7.12. The molecule has 1 aliphatic carbocycles. The van der Waals surface area contributed by atoms with Gasteiger partial charge in [0.15, 0.2) is 0 Å². The number of amides is 3. The summed E-state index contributed by atoms with van der Waals surface area (Å²) < 4.78 is 16.3. The van der Waals surface area contributed by atoms with Gasteiger partial charge in [-0.1, -0.05) is 37.5 Å². The molecule has 2 aromatic heterocycles. The molecule has 1 saturated carbocycles. The molecule has 180 valence electrons. The van der Waals surface area contributed by atoms with Crippen LogP contribution in [0.3, 0.4) is 0 Å². The van der Waals surface area contributed by atoms with Crippen molar-refractivity contribution in [3.05, 3.63) is 58.9 Å². The molecule has 1 N–H and O–H groups in total. The van der Waals surface area contributed by atoms with Gasteiger partial charge in [-0.15, -0.1) is 11.3 Å². The van der Waals surface area contributed by atoms with Gasteiger partial charge in [0.05, 0.1) is 6.54 Å². The topological polar surface area (TPSA) is 57.6 Å². The van der Waals surface area contributed by atoms with Crippen LogP contribution in [-0.2, 0) is 6.54 Å². The van der Waals surface area contributed by atoms with E-state index in [1.165, 1.54) is 25.3 Å². The van der Waals surface area contributed by atoms with Gasteiger partial charge in [-0.2, -0.15) is 0 Å². The zero-order valence-corrected chi connectivity index (χ0v) is 20.3. The van der Waals surface area contributed by atoms with Crippen LogP contribution in [0.4, 0.5) is 9.18 Å². The fourth-order valence-electron chi connectivity index (χ4n) is 5.22. The van der Waals surface area contributed by atoms with Gasteiger partial charge in [0, 0.05) is 42.7 Å². The van der Waals surface area contributed by atoms with E-state index in [2.05, 4.69) is 5.32 Å². The van der Waals surface area contributed by atoms with Crippen molar-refractivity contribution in [3.63, 3.8) is 0 Å². The molecule has 8 heteroatoms. The van der Waals surface area contributed by atoms with Gasteiger partial charge in [0.1, 0.15) is 16.3 Å². The molecule has 0 bridgehead atoms. The standard InChI is InChI=1S/C26H31FN4O2S/c1-18-16-29(12-13-30(18)26(33)28-21-8-3-2-4-9-21)24(32)23-15-19-11-14-34-25(19)31(23)17-20-7-5-6-10-22(20)27/h5-7,10-11,14-15,18,21H,2-4,8-9,12-13,16-17H2,1H3,(H,28,33)/t18-/m1/s1. The van der Waals surface area contributed by atoms with Crippen LogP contribution >= 0.6 is 11.3 Å². The van der Waals surface area contributed by atoms with Crippen molar-refractivity contribution in [2.75, 3.05) is 19.6 Å². The Morgan fingerprint density at radius 2 is 1.91 bits per heavy atom. The van der Waals surface area contributed by atoms with Crippen LogP contribution in [0.2, 0.25) is 0 Å². The zero-order chi connectivity index (χ0) is 23.7. The Hall–Kier alpha value is -2.87. The number of fused-ring (bicyclic) bond motifs is 1. The fraction of sp³-hybridized carbons (Fsp3) is 0.462. The quantitative estimate of drug-likeness (QED) is 0.564. The SMILES string of the molecule is C[C@@H]1CN(C(=O)c2cc3ccsc3n2Cc2ccccc2F)CCN1C(=O)NC1CCCCC1. The molecular weight excluding hydrogens is 451 g/mol. The summed E-state index contributed by atoms with van der Waals surface area (Å²) in [4.78, 5) is 31.1. The first-order chi connectivity index (χ1) is 16.5. The van der Waals surface area contributed by atoms with Crippen LogP contribution in [0.15, 0.2) is 41.8 Å². The Labute approximate surface area is 203 Å². The minimum Gasteiger partial charge on any atom is -0.335 e. The van der Waals surface area contributed by atoms with Crippen molar-refractivity contribution in [1.82, 2.24) is 19.7 Å². The molecule has 3 aromatic rings. The lowest BCUT2D eigenvalue weighted by Gasteiger charge is -2.40. The molecule has 2 aliphatic rings. The number of hydrogen-bond donors (Lipinski definition) is 1. The molecular formula is C26H31FN4O2S. The number of hydrogen-bond acceptors (Lipinski definition) is 3. The number of thiophene rings is 1. The maximum atomic E-state index is 14.4. The lowest BCUT2D eigenvalue weighted by molar-refractivity contribution is 0.0566. The van der Waals surface area contributed by atoms with E-state index in [-0.39, 0.29) is 29.8 Å². The van der Waals surface area contributed by atoms with Gasteiger partial charge in [-0.25, -0.2) is 9.18 Å². The molecule has 1 aromatic carbocycles. The maximum Gasteiger partial charge on any atom is 0.317 e. The highest BCUT2D eigenvalue weighted by Crippen LogP contribution is 2.28. The summed E-state index contributed by atoms with van der Waals surface area (Å²) in [6.07, 6.45) is 5.70. The van der Waals surface area contributed by atoms with Crippen LogP contribution < -0.4 is 5.32 Å². The van der Waals surface area contributed by atoms with Crippen LogP contribution in [0.25, 0.3) is 10.2 Å². The number of benzene rings is 1. The zero-order valence-electron chi connectivity index (χ0n) is 19.5. The molecule has 2 fully saturated rings. The Morgan fingerprint density at radius 1 is 1.12 bits per heavy atom. The Balaban J connectivity index is 1.30. The first kappa shape index (κ1) is 22.9. The van der Waals surface area contributed by atoms with Gasteiger partial charge in [-0.05, 0) is 43.3 Å². The molecule has 1 saturated heterocycles. The normalized spacial score (nSPS) is 19.5. The van der Waals surface area contributed by atoms with Gasteiger partial charge in [-0.3, -0.25) is 4.79 Å². The van der Waals surface area contributed by atoms with E-state index >= 15 is 0 Å². The first-order valence-corrected chi connectivity index (χ1v) is 13.1. The number of carbonyl (C=O) groups is 2. The number of urea groups is 1. The van der Waals surface area contributed by atoms with Crippen LogP contribution in [0, 0.1) is 5.82 Å². The Kier molecular flexibility index (Phi) is 6.59. The molecule has 5 rings (SSSR count). The van der Waals surface area contributed by atoms with Gasteiger partial charge < -0.3 is 19.7 Å². The molecule has 0 unspecified atom stereocenters. The van der Waals surface area contributed by atoms with E-state index < -0.39 is 0 Å². The number of rotatable bonds is 4. The van der Waals surface area contributed by atoms with Crippen molar-refractivity contribution in [1.29, 1.82) is 0 Å². The van der Waals surface area contributed by atoms with Gasteiger partial charge >= 0.3 is 6.03 Å². The summed E-state index contributed by atoms with van der Waals surface area (Å²) in [5.41, 5.74) is 1.12. The average Bonchev–Trinajstić information content (AvgIpc) is 3.43. The van der Waals surface area contributed by atoms with Crippen molar-refractivity contribution >= 4 is 33.5 Å². The predicted molar refractivity (Wildman–Crippen MR) is 133 cm³/mol. The van der Waals surface area contributed by atoms with E-state index in [9.17, 15) is 14.0 Å². The molecule has 0 radical (unpaired) electrons. The maximum absolute atomic E-state index is 14.4. The molecule has 1 atom stereocenters. The molecule has 34 heavy (non-hydrogen) atoms. The summed E-state index contributed by atoms with van der Waals surface area (Å²) in [5, 5.41) is 6.17. The third kappa shape index (κ3) is 4.56. The summed E-state index contributed by atoms with van der Waals surface area (Å²) in [6.45, 7) is 3.77. The lowest BCUT2D eigenvalue weighted by Crippen LogP contribution is -2.58. The monoisotopic (exact) mass is 482 g/mol. The second kappa shape index (κ2) is 9.78. The Morgan fingerprint density at radius 3 is 2.68 bits per heavy atom. The fourth-order valence-corrected chi connectivity index (χ4v) is 6.11. The summed E-state index contributed by atoms with van der Waals surface area (Å²) in [5.74, 6) is -0.343. The van der Waals surface area contributed by atoms with E-state index in [0.29, 0.717) is 37.4 Å². The number of nitrogens with zero attached hydrogens (tertiary/aromatic N) is 3. The number of piperazine rings is 1. The highest BCUT2D eigenvalue weighted by Gasteiger charge is 2.32. The van der Waals surface area contributed by atoms with Crippen LogP contribution in [-0.4, -0.2) is 58.0 Å². The molecule has 3 heterocycles.